The van der Waals surface area contributed by atoms with Crippen LogP contribution in [0.1, 0.15) is 11.6 Å². The third kappa shape index (κ3) is 3.27. The Morgan fingerprint density at radius 3 is 2.34 bits per heavy atom. The maximum Gasteiger partial charge on any atom is 0.266 e. The summed E-state index contributed by atoms with van der Waals surface area (Å²) in [6, 6.07) is 19.5. The minimum atomic E-state index is -1.01. The van der Waals surface area contributed by atoms with Crippen LogP contribution < -0.4 is 14.7 Å². The van der Waals surface area contributed by atoms with Gasteiger partial charge in [-0.25, -0.2) is 14.4 Å². The summed E-state index contributed by atoms with van der Waals surface area (Å²) < 4.78 is 19.8. The highest BCUT2D eigenvalue weighted by atomic mass is 79.9. The quantitative estimate of drug-likeness (QED) is 0.492. The number of benzene rings is 3. The molecular weight excluding hydrogens is 479 g/mol. The maximum atomic E-state index is 13.6. The van der Waals surface area contributed by atoms with Gasteiger partial charge in [-0.05, 0) is 54.6 Å². The highest BCUT2D eigenvalue weighted by Gasteiger charge is 2.60. The van der Waals surface area contributed by atoms with Crippen molar-refractivity contribution in [2.24, 2.45) is 5.92 Å². The summed E-state index contributed by atoms with van der Waals surface area (Å²) >= 11 is 3.49. The van der Waals surface area contributed by atoms with E-state index in [-0.39, 0.29) is 0 Å². The molecule has 2 fully saturated rings. The number of amides is 2. The SMILES string of the molecule is COc1ccc(Br)cc1[C@@H]1[C@@H]2C(=O)N(c3ccc(F)cc3)C(=O)[C@H]2ON1c1ccccc1. The first-order chi connectivity index (χ1) is 15.5. The third-order valence-corrected chi connectivity index (χ3v) is 6.21. The molecule has 0 N–H and O–H groups in total. The van der Waals surface area contributed by atoms with Gasteiger partial charge in [-0.3, -0.25) is 14.4 Å². The van der Waals surface area contributed by atoms with Crippen LogP contribution in [0.25, 0.3) is 0 Å². The predicted molar refractivity (Wildman–Crippen MR) is 120 cm³/mol. The molecule has 2 aliphatic heterocycles. The van der Waals surface area contributed by atoms with Crippen LogP contribution >= 0.6 is 15.9 Å². The van der Waals surface area contributed by atoms with Gasteiger partial charge in [0.2, 0.25) is 5.91 Å². The Hall–Kier alpha value is -3.23. The topological polar surface area (TPSA) is 59.1 Å². The highest BCUT2D eigenvalue weighted by Crippen LogP contribution is 2.49. The second-order valence-electron chi connectivity index (χ2n) is 7.53. The van der Waals surface area contributed by atoms with Gasteiger partial charge in [0.1, 0.15) is 17.5 Å². The van der Waals surface area contributed by atoms with Gasteiger partial charge < -0.3 is 4.74 Å². The van der Waals surface area contributed by atoms with Gasteiger partial charge in [0.25, 0.3) is 5.91 Å². The molecule has 0 saturated carbocycles. The molecule has 0 aromatic heterocycles. The number of hydrogen-bond acceptors (Lipinski definition) is 5. The second-order valence-corrected chi connectivity index (χ2v) is 8.45. The van der Waals surface area contributed by atoms with Gasteiger partial charge >= 0.3 is 0 Å². The Morgan fingerprint density at radius 2 is 1.66 bits per heavy atom. The molecule has 3 aromatic carbocycles. The van der Waals surface area contributed by atoms with Gasteiger partial charge in [0.05, 0.1) is 24.5 Å². The highest BCUT2D eigenvalue weighted by molar-refractivity contribution is 9.10. The molecule has 3 atom stereocenters. The smallest absolute Gasteiger partial charge is 0.266 e. The van der Waals surface area contributed by atoms with Crippen molar-refractivity contribution in [1.82, 2.24) is 0 Å². The zero-order chi connectivity index (χ0) is 22.4. The minimum absolute atomic E-state index is 0.311. The van der Waals surface area contributed by atoms with Crippen molar-refractivity contribution in [2.75, 3.05) is 17.1 Å². The molecule has 0 bridgehead atoms. The summed E-state index contributed by atoms with van der Waals surface area (Å²) in [4.78, 5) is 34.0. The van der Waals surface area contributed by atoms with E-state index in [1.807, 2.05) is 42.5 Å². The lowest BCUT2D eigenvalue weighted by atomic mass is 9.90. The summed E-state index contributed by atoms with van der Waals surface area (Å²) in [6.45, 7) is 0. The molecule has 2 heterocycles. The predicted octanol–water partition coefficient (Wildman–Crippen LogP) is 4.65. The van der Waals surface area contributed by atoms with Crippen LogP contribution in [0.2, 0.25) is 0 Å². The molecule has 32 heavy (non-hydrogen) atoms. The number of rotatable bonds is 4. The van der Waals surface area contributed by atoms with Gasteiger partial charge in [0, 0.05) is 10.0 Å². The first kappa shape index (κ1) is 20.7. The molecule has 2 aliphatic rings. The zero-order valence-corrected chi connectivity index (χ0v) is 18.5. The molecule has 0 unspecified atom stereocenters. The van der Waals surface area contributed by atoms with Crippen molar-refractivity contribution in [1.29, 1.82) is 0 Å². The van der Waals surface area contributed by atoms with E-state index in [1.54, 1.807) is 18.2 Å². The fourth-order valence-corrected chi connectivity index (χ4v) is 4.69. The first-order valence-corrected chi connectivity index (χ1v) is 10.8. The Balaban J connectivity index is 1.63. The van der Waals surface area contributed by atoms with Crippen molar-refractivity contribution < 1.29 is 23.6 Å². The molecule has 5 rings (SSSR count). The normalized spacial score (nSPS) is 22.4. The Morgan fingerprint density at radius 1 is 0.938 bits per heavy atom. The first-order valence-electron chi connectivity index (χ1n) is 9.97. The molecule has 8 heteroatoms. The van der Waals surface area contributed by atoms with E-state index in [4.69, 9.17) is 9.57 Å². The van der Waals surface area contributed by atoms with E-state index in [0.29, 0.717) is 22.7 Å². The molecule has 0 aliphatic carbocycles. The Kier molecular flexibility index (Phi) is 5.19. The van der Waals surface area contributed by atoms with E-state index < -0.39 is 35.7 Å². The van der Waals surface area contributed by atoms with Crippen molar-refractivity contribution >= 4 is 39.1 Å². The molecule has 162 valence electrons. The van der Waals surface area contributed by atoms with E-state index in [1.165, 1.54) is 24.3 Å². The van der Waals surface area contributed by atoms with Crippen LogP contribution in [0.4, 0.5) is 15.8 Å². The van der Waals surface area contributed by atoms with Crippen molar-refractivity contribution in [3.63, 3.8) is 0 Å². The van der Waals surface area contributed by atoms with Gasteiger partial charge in [-0.2, -0.15) is 0 Å². The molecule has 2 amide bonds. The number of carbonyl (C=O) groups excluding carboxylic acids is 2. The molecular formula is C24H18BrFN2O4. The number of imide groups is 1. The lowest BCUT2D eigenvalue weighted by molar-refractivity contribution is -0.126. The van der Waals surface area contributed by atoms with E-state index in [0.717, 1.165) is 9.37 Å². The summed E-state index contributed by atoms with van der Waals surface area (Å²) in [5.74, 6) is -1.57. The van der Waals surface area contributed by atoms with Crippen molar-refractivity contribution in [2.45, 2.75) is 12.1 Å². The largest absolute Gasteiger partial charge is 0.496 e. The summed E-state index contributed by atoms with van der Waals surface area (Å²) in [5, 5.41) is 1.61. The minimum Gasteiger partial charge on any atom is -0.496 e. The lowest BCUT2D eigenvalue weighted by Crippen LogP contribution is -2.37. The number of fused-ring (bicyclic) bond motifs is 1. The molecule has 0 spiro atoms. The van der Waals surface area contributed by atoms with Crippen LogP contribution in [0, 0.1) is 11.7 Å². The fraction of sp³-hybridized carbons (Fsp3) is 0.167. The molecule has 0 radical (unpaired) electrons. The summed E-state index contributed by atoms with van der Waals surface area (Å²) in [7, 11) is 1.55. The number of para-hydroxylation sites is 1. The van der Waals surface area contributed by atoms with Gasteiger partial charge in [0.15, 0.2) is 6.10 Å². The third-order valence-electron chi connectivity index (χ3n) is 5.72. The average Bonchev–Trinajstić information content (AvgIpc) is 3.31. The van der Waals surface area contributed by atoms with E-state index in [9.17, 15) is 14.0 Å². The van der Waals surface area contributed by atoms with Crippen LogP contribution in [-0.4, -0.2) is 25.0 Å². The summed E-state index contributed by atoms with van der Waals surface area (Å²) in [6.07, 6.45) is -1.01. The van der Waals surface area contributed by atoms with E-state index >= 15 is 0 Å². The van der Waals surface area contributed by atoms with Gasteiger partial charge in [-0.15, -0.1) is 0 Å². The number of methoxy groups -OCH3 is 1. The monoisotopic (exact) mass is 496 g/mol. The Bertz CT molecular complexity index is 1190. The number of halogens is 2. The van der Waals surface area contributed by atoms with Gasteiger partial charge in [-0.1, -0.05) is 34.1 Å². The number of nitrogens with zero attached hydrogens (tertiary/aromatic N) is 2. The number of anilines is 2. The summed E-state index contributed by atoms with van der Waals surface area (Å²) in [5.41, 5.74) is 1.73. The Labute approximate surface area is 192 Å². The number of ether oxygens (including phenoxy) is 1. The van der Waals surface area contributed by atoms with Crippen molar-refractivity contribution in [3.05, 3.63) is 88.6 Å². The van der Waals surface area contributed by atoms with Crippen molar-refractivity contribution in [3.8, 4) is 5.75 Å². The van der Waals surface area contributed by atoms with Crippen LogP contribution in [-0.2, 0) is 14.4 Å². The zero-order valence-electron chi connectivity index (χ0n) is 16.9. The molecule has 3 aromatic rings. The molecule has 6 nitrogen and oxygen atoms in total. The number of carbonyl (C=O) groups is 2. The van der Waals surface area contributed by atoms with Crippen LogP contribution in [0.5, 0.6) is 5.75 Å². The number of hydrogen-bond donors (Lipinski definition) is 0. The maximum absolute atomic E-state index is 13.6. The fourth-order valence-electron chi connectivity index (χ4n) is 4.31. The lowest BCUT2D eigenvalue weighted by Gasteiger charge is -2.29. The number of hydroxylamine groups is 1. The second kappa shape index (κ2) is 8.03. The van der Waals surface area contributed by atoms with E-state index in [2.05, 4.69) is 15.9 Å². The average molecular weight is 497 g/mol. The van der Waals surface area contributed by atoms with Crippen LogP contribution in [0.15, 0.2) is 77.3 Å². The standard InChI is InChI=1S/C24H18BrFN2O4/c1-31-19-12-7-14(25)13-18(19)21-20-22(32-28(21)17-5-3-2-4-6-17)24(30)27(23(20)29)16-10-8-15(26)9-11-16/h2-13,20-22H,1H3/t20-,21+,22-/m0/s1. The van der Waals surface area contributed by atoms with Crippen LogP contribution in [0.3, 0.4) is 0 Å². The molecule has 2 saturated heterocycles.